The van der Waals surface area contributed by atoms with E-state index < -0.39 is 5.60 Å². The van der Waals surface area contributed by atoms with Crippen molar-refractivity contribution in [3.05, 3.63) is 35.9 Å². The monoisotopic (exact) mass is 345 g/mol. The highest BCUT2D eigenvalue weighted by Gasteiger charge is 2.35. The fraction of sp³-hybridized carbons (Fsp3) is 0.667. The van der Waals surface area contributed by atoms with Gasteiger partial charge in [-0.05, 0) is 64.4 Å². The van der Waals surface area contributed by atoms with Gasteiger partial charge in [-0.15, -0.1) is 0 Å². The summed E-state index contributed by atoms with van der Waals surface area (Å²) >= 11 is 0. The number of carbonyl (C=O) groups is 1. The quantitative estimate of drug-likeness (QED) is 0.793. The van der Waals surface area contributed by atoms with Crippen LogP contribution in [0.4, 0.5) is 4.79 Å². The van der Waals surface area contributed by atoms with Gasteiger partial charge in [-0.2, -0.15) is 0 Å². The summed E-state index contributed by atoms with van der Waals surface area (Å²) in [5, 5.41) is 0. The molecule has 2 fully saturated rings. The highest BCUT2D eigenvalue weighted by molar-refractivity contribution is 5.68. The molecular weight excluding hydrogens is 314 g/mol. The van der Waals surface area contributed by atoms with Crippen LogP contribution in [0.1, 0.15) is 52.0 Å². The minimum absolute atomic E-state index is 0.139. The van der Waals surface area contributed by atoms with Gasteiger partial charge in [0.05, 0.1) is 12.6 Å². The Morgan fingerprint density at radius 2 is 1.84 bits per heavy atom. The highest BCUT2D eigenvalue weighted by Crippen LogP contribution is 2.31. The number of nitrogens with zero attached hydrogens (tertiary/aromatic N) is 1. The number of rotatable bonds is 5. The minimum Gasteiger partial charge on any atom is -0.444 e. The maximum Gasteiger partial charge on any atom is 0.410 e. The molecule has 1 amide bonds. The molecule has 1 saturated heterocycles. The lowest BCUT2D eigenvalue weighted by atomic mass is 9.94. The van der Waals surface area contributed by atoms with Crippen molar-refractivity contribution in [2.24, 2.45) is 5.92 Å². The van der Waals surface area contributed by atoms with Crippen molar-refractivity contribution in [2.75, 3.05) is 13.2 Å². The lowest BCUT2D eigenvalue weighted by Crippen LogP contribution is -2.51. The maximum atomic E-state index is 12.8. The fourth-order valence-electron chi connectivity index (χ4n) is 3.33. The zero-order chi connectivity index (χ0) is 17.9. The predicted octanol–water partition coefficient (Wildman–Crippen LogP) is 4.42. The number of hydrogen-bond donors (Lipinski definition) is 0. The van der Waals surface area contributed by atoms with Gasteiger partial charge in [0.15, 0.2) is 0 Å². The van der Waals surface area contributed by atoms with Crippen LogP contribution in [0.25, 0.3) is 0 Å². The summed E-state index contributed by atoms with van der Waals surface area (Å²) in [4.78, 5) is 14.7. The first-order valence-corrected chi connectivity index (χ1v) is 9.56. The van der Waals surface area contributed by atoms with Crippen molar-refractivity contribution < 1.29 is 14.3 Å². The number of hydrogen-bond acceptors (Lipinski definition) is 3. The van der Waals surface area contributed by atoms with Crippen molar-refractivity contribution in [1.29, 1.82) is 0 Å². The molecule has 25 heavy (non-hydrogen) atoms. The Balaban J connectivity index is 1.65. The number of likely N-dealkylation sites (tertiary alicyclic amines) is 1. The van der Waals surface area contributed by atoms with E-state index in [0.717, 1.165) is 31.8 Å². The lowest BCUT2D eigenvalue weighted by molar-refractivity contribution is -0.0388. The first-order chi connectivity index (χ1) is 11.9. The molecule has 1 aromatic carbocycles. The zero-order valence-electron chi connectivity index (χ0n) is 15.7. The average molecular weight is 345 g/mol. The van der Waals surface area contributed by atoms with E-state index in [1.807, 2.05) is 31.7 Å². The largest absolute Gasteiger partial charge is 0.444 e. The van der Waals surface area contributed by atoms with Crippen LogP contribution in [0.5, 0.6) is 0 Å². The maximum absolute atomic E-state index is 12.8. The Labute approximate surface area is 151 Å². The molecule has 1 aliphatic carbocycles. The van der Waals surface area contributed by atoms with Crippen LogP contribution < -0.4 is 0 Å². The zero-order valence-corrected chi connectivity index (χ0v) is 15.7. The Kier molecular flexibility index (Phi) is 5.67. The van der Waals surface area contributed by atoms with Crippen LogP contribution in [0, 0.1) is 5.92 Å². The van der Waals surface area contributed by atoms with Crippen LogP contribution >= 0.6 is 0 Å². The van der Waals surface area contributed by atoms with Gasteiger partial charge >= 0.3 is 6.09 Å². The van der Waals surface area contributed by atoms with E-state index in [9.17, 15) is 4.79 Å². The van der Waals surface area contributed by atoms with Crippen LogP contribution in [-0.4, -0.2) is 41.9 Å². The van der Waals surface area contributed by atoms with Crippen molar-refractivity contribution in [3.8, 4) is 0 Å². The lowest BCUT2D eigenvalue weighted by Gasteiger charge is -2.40. The predicted molar refractivity (Wildman–Crippen MR) is 98.6 cm³/mol. The van der Waals surface area contributed by atoms with Crippen LogP contribution in [-0.2, 0) is 15.9 Å². The molecule has 2 aliphatic rings. The van der Waals surface area contributed by atoms with Crippen molar-refractivity contribution in [1.82, 2.24) is 4.90 Å². The second kappa shape index (κ2) is 7.77. The standard InChI is InChI=1S/C21H31NO3/c1-21(2,3)25-20(23)22-14-19(24-15-17-9-10-17)12-11-18(22)13-16-7-5-4-6-8-16/h4-8,17-19H,9-15H2,1-3H3/t18-,19+/m1/s1. The molecule has 2 atom stereocenters. The van der Waals surface area contributed by atoms with Crippen LogP contribution in [0.15, 0.2) is 30.3 Å². The van der Waals surface area contributed by atoms with E-state index >= 15 is 0 Å². The number of piperidine rings is 1. The molecular formula is C21H31NO3. The molecule has 1 aliphatic heterocycles. The molecule has 4 heteroatoms. The number of ether oxygens (including phenoxy) is 2. The second-order valence-electron chi connectivity index (χ2n) is 8.45. The van der Waals surface area contributed by atoms with Gasteiger partial charge in [0, 0.05) is 12.6 Å². The average Bonchev–Trinajstić information content (AvgIpc) is 3.37. The number of amides is 1. The summed E-state index contributed by atoms with van der Waals surface area (Å²) in [6.45, 7) is 7.24. The van der Waals surface area contributed by atoms with Crippen molar-refractivity contribution >= 4 is 6.09 Å². The SMILES string of the molecule is CC(C)(C)OC(=O)N1C[C@@H](OCC2CC2)CC[C@@H]1Cc1ccccc1. The molecule has 1 aromatic rings. The van der Waals surface area contributed by atoms with Gasteiger partial charge in [-0.1, -0.05) is 30.3 Å². The molecule has 0 bridgehead atoms. The van der Waals surface area contributed by atoms with E-state index in [4.69, 9.17) is 9.47 Å². The van der Waals surface area contributed by atoms with Gasteiger partial charge in [0.1, 0.15) is 5.60 Å². The van der Waals surface area contributed by atoms with E-state index in [1.54, 1.807) is 0 Å². The topological polar surface area (TPSA) is 38.8 Å². The molecule has 0 N–H and O–H groups in total. The Bertz CT molecular complexity index is 562. The van der Waals surface area contributed by atoms with Gasteiger partial charge < -0.3 is 14.4 Å². The van der Waals surface area contributed by atoms with Gasteiger partial charge in [-0.3, -0.25) is 0 Å². The van der Waals surface area contributed by atoms with Gasteiger partial charge in [0.2, 0.25) is 0 Å². The van der Waals surface area contributed by atoms with E-state index in [1.165, 1.54) is 18.4 Å². The number of benzene rings is 1. The molecule has 0 radical (unpaired) electrons. The van der Waals surface area contributed by atoms with Crippen LogP contribution in [0.2, 0.25) is 0 Å². The first kappa shape index (κ1) is 18.2. The van der Waals surface area contributed by atoms with Gasteiger partial charge in [0.25, 0.3) is 0 Å². The summed E-state index contributed by atoms with van der Waals surface area (Å²) in [5.41, 5.74) is 0.786. The molecule has 1 saturated carbocycles. The summed E-state index contributed by atoms with van der Waals surface area (Å²) in [6, 6.07) is 10.6. The minimum atomic E-state index is -0.476. The summed E-state index contributed by atoms with van der Waals surface area (Å²) in [5.74, 6) is 0.747. The summed E-state index contributed by atoms with van der Waals surface area (Å²) < 4.78 is 11.7. The van der Waals surface area contributed by atoms with E-state index in [0.29, 0.717) is 6.54 Å². The first-order valence-electron chi connectivity index (χ1n) is 9.56. The normalized spacial score (nSPS) is 24.2. The fourth-order valence-corrected chi connectivity index (χ4v) is 3.33. The van der Waals surface area contributed by atoms with Crippen molar-refractivity contribution in [2.45, 2.75) is 70.6 Å². The summed E-state index contributed by atoms with van der Waals surface area (Å²) in [7, 11) is 0. The molecule has 0 aromatic heterocycles. The molecule has 3 rings (SSSR count). The summed E-state index contributed by atoms with van der Waals surface area (Å²) in [6.07, 6.45) is 5.36. The van der Waals surface area contributed by atoms with Crippen LogP contribution in [0.3, 0.4) is 0 Å². The third-order valence-electron chi connectivity index (χ3n) is 4.87. The molecule has 138 valence electrons. The second-order valence-corrected chi connectivity index (χ2v) is 8.45. The highest BCUT2D eigenvalue weighted by atomic mass is 16.6. The van der Waals surface area contributed by atoms with E-state index in [2.05, 4.69) is 24.3 Å². The number of carbonyl (C=O) groups excluding carboxylic acids is 1. The smallest absolute Gasteiger partial charge is 0.410 e. The molecule has 0 spiro atoms. The van der Waals surface area contributed by atoms with Crippen molar-refractivity contribution in [3.63, 3.8) is 0 Å². The van der Waals surface area contributed by atoms with E-state index in [-0.39, 0.29) is 18.2 Å². The molecule has 4 nitrogen and oxygen atoms in total. The molecule has 1 heterocycles. The Morgan fingerprint density at radius 3 is 2.48 bits per heavy atom. The third kappa shape index (κ3) is 5.74. The Hall–Kier alpha value is -1.55. The molecule has 0 unspecified atom stereocenters. The third-order valence-corrected chi connectivity index (χ3v) is 4.87. The Morgan fingerprint density at radius 1 is 1.12 bits per heavy atom. The van der Waals surface area contributed by atoms with Gasteiger partial charge in [-0.25, -0.2) is 4.79 Å².